The van der Waals surface area contributed by atoms with Gasteiger partial charge in [-0.25, -0.2) is 9.97 Å². The van der Waals surface area contributed by atoms with E-state index >= 15 is 0 Å². The topological polar surface area (TPSA) is 52.6 Å². The molecule has 9 heteroatoms. The minimum Gasteiger partial charge on any atom is -0.368 e. The van der Waals surface area contributed by atoms with E-state index in [-0.39, 0.29) is 5.91 Å². The summed E-state index contributed by atoms with van der Waals surface area (Å²) in [7, 11) is 0. The number of hydrogen-bond acceptors (Lipinski definition) is 6. The summed E-state index contributed by atoms with van der Waals surface area (Å²) in [6.45, 7) is 9.08. The summed E-state index contributed by atoms with van der Waals surface area (Å²) < 4.78 is 0. The first-order chi connectivity index (χ1) is 15.0. The van der Waals surface area contributed by atoms with Crippen molar-refractivity contribution in [3.63, 3.8) is 0 Å². The number of benzene rings is 1. The highest BCUT2D eigenvalue weighted by atomic mass is 35.5. The van der Waals surface area contributed by atoms with Crippen molar-refractivity contribution in [2.45, 2.75) is 31.8 Å². The number of hydrogen-bond donors (Lipinski definition) is 0. The molecule has 0 N–H and O–H groups in total. The second kappa shape index (κ2) is 11.8. The molecule has 1 saturated heterocycles. The number of halogens is 2. The van der Waals surface area contributed by atoms with Gasteiger partial charge in [-0.15, -0.1) is 0 Å². The maximum Gasteiger partial charge on any atom is 0.233 e. The summed E-state index contributed by atoms with van der Waals surface area (Å²) in [6, 6.07) is 9.63. The quantitative estimate of drug-likeness (QED) is 0.289. The Balaban J connectivity index is 1.55. The van der Waals surface area contributed by atoms with Gasteiger partial charge in [0.2, 0.25) is 5.91 Å². The van der Waals surface area contributed by atoms with Gasteiger partial charge in [-0.05, 0) is 31.0 Å². The zero-order valence-corrected chi connectivity index (χ0v) is 20.4. The molecule has 1 aromatic heterocycles. The molecule has 0 unspecified atom stereocenters. The van der Waals surface area contributed by atoms with Crippen LogP contribution >= 0.6 is 35.0 Å². The summed E-state index contributed by atoms with van der Waals surface area (Å²) in [5.41, 5.74) is 1.09. The van der Waals surface area contributed by atoms with E-state index in [0.717, 1.165) is 55.5 Å². The molecule has 0 spiro atoms. The van der Waals surface area contributed by atoms with Crippen LogP contribution in [0.5, 0.6) is 0 Å². The third-order valence-electron chi connectivity index (χ3n) is 5.10. The smallest absolute Gasteiger partial charge is 0.233 e. The fourth-order valence-corrected chi connectivity index (χ4v) is 4.77. The summed E-state index contributed by atoms with van der Waals surface area (Å²) in [6.07, 6.45) is 2.06. The van der Waals surface area contributed by atoms with E-state index in [0.29, 0.717) is 29.2 Å². The Morgan fingerprint density at radius 3 is 2.42 bits per heavy atom. The number of amides is 1. The van der Waals surface area contributed by atoms with E-state index in [2.05, 4.69) is 33.6 Å². The van der Waals surface area contributed by atoms with Crippen LogP contribution in [0.3, 0.4) is 0 Å². The van der Waals surface area contributed by atoms with Crippen molar-refractivity contribution in [2.75, 3.05) is 54.8 Å². The molecule has 0 bridgehead atoms. The van der Waals surface area contributed by atoms with Gasteiger partial charge in [0.05, 0.1) is 5.75 Å². The molecule has 0 saturated carbocycles. The monoisotopic (exact) mass is 481 g/mol. The fourth-order valence-electron chi connectivity index (χ4n) is 3.60. The lowest BCUT2D eigenvalue weighted by atomic mass is 10.2. The van der Waals surface area contributed by atoms with Crippen molar-refractivity contribution in [1.82, 2.24) is 14.9 Å². The van der Waals surface area contributed by atoms with Gasteiger partial charge < -0.3 is 14.7 Å². The molecule has 1 aliphatic heterocycles. The number of rotatable bonds is 9. The lowest BCUT2D eigenvalue weighted by molar-refractivity contribution is -0.128. The van der Waals surface area contributed by atoms with Gasteiger partial charge in [-0.1, -0.05) is 54.9 Å². The van der Waals surface area contributed by atoms with E-state index in [4.69, 9.17) is 23.2 Å². The highest BCUT2D eigenvalue weighted by Gasteiger charge is 2.22. The number of piperazine rings is 1. The molecule has 1 fully saturated rings. The molecule has 1 amide bonds. The SMILES string of the molecule is CCCN(CCC)c1cc(Cl)nc(SCC(=O)N2CCN(c3cccc(Cl)c3)CC2)n1. The van der Waals surface area contributed by atoms with Crippen LogP contribution in [0.1, 0.15) is 26.7 Å². The van der Waals surface area contributed by atoms with Gasteiger partial charge in [-0.3, -0.25) is 4.79 Å². The highest BCUT2D eigenvalue weighted by molar-refractivity contribution is 7.99. The van der Waals surface area contributed by atoms with Crippen molar-refractivity contribution in [3.05, 3.63) is 40.5 Å². The maximum atomic E-state index is 12.7. The second-order valence-corrected chi connectivity index (χ2v) is 9.22. The van der Waals surface area contributed by atoms with Crippen LogP contribution < -0.4 is 9.80 Å². The van der Waals surface area contributed by atoms with Crippen molar-refractivity contribution < 1.29 is 4.79 Å². The molecule has 0 radical (unpaired) electrons. The van der Waals surface area contributed by atoms with Gasteiger partial charge in [0.15, 0.2) is 5.16 Å². The first-order valence-electron chi connectivity index (χ1n) is 10.7. The third kappa shape index (κ3) is 6.89. The minimum absolute atomic E-state index is 0.0971. The molecule has 3 rings (SSSR count). The van der Waals surface area contributed by atoms with Gasteiger partial charge in [-0.2, -0.15) is 0 Å². The average Bonchev–Trinajstić information content (AvgIpc) is 2.77. The predicted octanol–water partition coefficient (Wildman–Crippen LogP) is 4.85. The average molecular weight is 482 g/mol. The Morgan fingerprint density at radius 1 is 1.06 bits per heavy atom. The van der Waals surface area contributed by atoms with Gasteiger partial charge >= 0.3 is 0 Å². The normalized spacial score (nSPS) is 14.1. The van der Waals surface area contributed by atoms with Crippen LogP contribution in [0.4, 0.5) is 11.5 Å². The van der Waals surface area contributed by atoms with Crippen molar-refractivity contribution >= 4 is 52.4 Å². The molecule has 0 atom stereocenters. The van der Waals surface area contributed by atoms with E-state index in [1.807, 2.05) is 29.2 Å². The van der Waals surface area contributed by atoms with Gasteiger partial charge in [0.1, 0.15) is 11.0 Å². The lowest BCUT2D eigenvalue weighted by Gasteiger charge is -2.36. The maximum absolute atomic E-state index is 12.7. The number of aromatic nitrogens is 2. The summed E-state index contributed by atoms with van der Waals surface area (Å²) in [5.74, 6) is 1.23. The number of carbonyl (C=O) groups is 1. The van der Waals surface area contributed by atoms with E-state index in [1.165, 1.54) is 11.8 Å². The van der Waals surface area contributed by atoms with Crippen LogP contribution in [0.15, 0.2) is 35.5 Å². The van der Waals surface area contributed by atoms with Crippen LogP contribution in [0.2, 0.25) is 10.2 Å². The van der Waals surface area contributed by atoms with Gasteiger partial charge in [0, 0.05) is 56.0 Å². The molecular formula is C22H29Cl2N5OS. The van der Waals surface area contributed by atoms with Crippen LogP contribution in [0, 0.1) is 0 Å². The summed E-state index contributed by atoms with van der Waals surface area (Å²) in [4.78, 5) is 28.1. The van der Waals surface area contributed by atoms with Crippen molar-refractivity contribution in [2.24, 2.45) is 0 Å². The number of anilines is 2. The molecule has 2 aromatic rings. The third-order valence-corrected chi connectivity index (χ3v) is 6.36. The Hall–Kier alpha value is -1.70. The van der Waals surface area contributed by atoms with Crippen LogP contribution in [0.25, 0.3) is 0 Å². The first-order valence-corrected chi connectivity index (χ1v) is 12.4. The van der Waals surface area contributed by atoms with Crippen molar-refractivity contribution in [1.29, 1.82) is 0 Å². The number of nitrogens with zero attached hydrogens (tertiary/aromatic N) is 5. The fraction of sp³-hybridized carbons (Fsp3) is 0.500. The van der Waals surface area contributed by atoms with Crippen LogP contribution in [-0.2, 0) is 4.79 Å². The standard InChI is InChI=1S/C22H29Cl2N5OS/c1-3-8-28(9-4-2)20-15-19(24)25-22(26-20)31-16-21(30)29-12-10-27(11-13-29)18-7-5-6-17(23)14-18/h5-7,14-15H,3-4,8-13,16H2,1-2H3. The largest absolute Gasteiger partial charge is 0.368 e. The van der Waals surface area contributed by atoms with E-state index in [9.17, 15) is 4.79 Å². The molecule has 31 heavy (non-hydrogen) atoms. The zero-order chi connectivity index (χ0) is 22.2. The molecule has 2 heterocycles. The number of carbonyl (C=O) groups excluding carboxylic acids is 1. The molecule has 6 nitrogen and oxygen atoms in total. The first kappa shape index (κ1) is 24.0. The van der Waals surface area contributed by atoms with Crippen molar-refractivity contribution in [3.8, 4) is 0 Å². The molecule has 0 aliphatic carbocycles. The number of thioether (sulfide) groups is 1. The Bertz CT molecular complexity index is 871. The molecule has 1 aromatic carbocycles. The summed E-state index contributed by atoms with van der Waals surface area (Å²) in [5, 5.41) is 1.68. The lowest BCUT2D eigenvalue weighted by Crippen LogP contribution is -2.49. The Kier molecular flexibility index (Phi) is 9.11. The molecule has 1 aliphatic rings. The Labute approximate surface area is 198 Å². The van der Waals surface area contributed by atoms with E-state index in [1.54, 1.807) is 6.07 Å². The molecular weight excluding hydrogens is 453 g/mol. The minimum atomic E-state index is 0.0971. The van der Waals surface area contributed by atoms with Crippen LogP contribution in [-0.4, -0.2) is 65.8 Å². The zero-order valence-electron chi connectivity index (χ0n) is 18.1. The predicted molar refractivity (Wildman–Crippen MR) is 131 cm³/mol. The summed E-state index contributed by atoms with van der Waals surface area (Å²) >= 11 is 13.7. The second-order valence-electron chi connectivity index (χ2n) is 7.45. The van der Waals surface area contributed by atoms with Gasteiger partial charge in [0.25, 0.3) is 0 Å². The Morgan fingerprint density at radius 2 is 1.77 bits per heavy atom. The van der Waals surface area contributed by atoms with E-state index < -0.39 is 0 Å². The molecule has 168 valence electrons. The highest BCUT2D eigenvalue weighted by Crippen LogP contribution is 2.24.